The number of benzene rings is 1. The molecule has 5 nitrogen and oxygen atoms in total. The fourth-order valence-electron chi connectivity index (χ4n) is 2.19. The van der Waals surface area contributed by atoms with E-state index in [-0.39, 0.29) is 6.61 Å². The zero-order valence-corrected chi connectivity index (χ0v) is 13.8. The van der Waals surface area contributed by atoms with Crippen LogP contribution in [0.2, 0.25) is 10.0 Å². The molecule has 0 radical (unpaired) electrons. The summed E-state index contributed by atoms with van der Waals surface area (Å²) in [6, 6.07) is 4.48. The molecule has 0 fully saturated rings. The molecule has 0 aromatic heterocycles. The Balaban J connectivity index is 2.25. The van der Waals surface area contributed by atoms with E-state index in [4.69, 9.17) is 27.9 Å². The first kappa shape index (κ1) is 17.5. The third-order valence-electron chi connectivity index (χ3n) is 3.26. The van der Waals surface area contributed by atoms with Crippen LogP contribution in [0.4, 0.5) is 5.69 Å². The van der Waals surface area contributed by atoms with Gasteiger partial charge in [-0.05, 0) is 31.2 Å². The molecule has 2 atom stereocenters. The molecular formula is C16H15Cl2NO4. The van der Waals surface area contributed by atoms with Crippen molar-refractivity contribution in [3.8, 4) is 0 Å². The van der Waals surface area contributed by atoms with Crippen LogP contribution in [0.1, 0.15) is 6.92 Å². The number of anilines is 1. The van der Waals surface area contributed by atoms with Crippen molar-refractivity contribution in [1.29, 1.82) is 0 Å². The lowest BCUT2D eigenvalue weighted by molar-refractivity contribution is -0.157. The number of hydrogen-bond acceptors (Lipinski definition) is 4. The smallest absolute Gasteiger partial charge is 0.316 e. The minimum absolute atomic E-state index is 0.147. The molecule has 122 valence electrons. The molecule has 0 bridgehead atoms. The second kappa shape index (κ2) is 7.17. The van der Waals surface area contributed by atoms with Gasteiger partial charge in [0.25, 0.3) is 5.91 Å². The first-order valence-corrected chi connectivity index (χ1v) is 7.65. The number of nitrogens with one attached hydrogen (secondary N) is 1. The average molecular weight is 356 g/mol. The molecule has 0 saturated heterocycles. The van der Waals surface area contributed by atoms with Gasteiger partial charge in [-0.2, -0.15) is 0 Å². The number of rotatable bonds is 4. The molecule has 1 aromatic rings. The van der Waals surface area contributed by atoms with Gasteiger partial charge in [-0.15, -0.1) is 0 Å². The summed E-state index contributed by atoms with van der Waals surface area (Å²) in [4.78, 5) is 24.5. The Kier molecular flexibility index (Phi) is 5.46. The molecule has 1 aromatic carbocycles. The summed E-state index contributed by atoms with van der Waals surface area (Å²) in [6.07, 6.45) is 5.72. The Morgan fingerprint density at radius 3 is 2.52 bits per heavy atom. The van der Waals surface area contributed by atoms with Gasteiger partial charge in [0.2, 0.25) is 0 Å². The van der Waals surface area contributed by atoms with Crippen molar-refractivity contribution in [2.45, 2.75) is 12.5 Å². The van der Waals surface area contributed by atoms with E-state index in [2.05, 4.69) is 5.32 Å². The Morgan fingerprint density at radius 2 is 1.91 bits per heavy atom. The van der Waals surface area contributed by atoms with Crippen LogP contribution in [0.5, 0.6) is 0 Å². The van der Waals surface area contributed by atoms with Crippen molar-refractivity contribution in [2.24, 2.45) is 5.92 Å². The highest BCUT2D eigenvalue weighted by Gasteiger charge is 2.46. The predicted octanol–water partition coefficient (Wildman–Crippen LogP) is 2.97. The molecule has 1 aliphatic rings. The number of halogens is 2. The molecule has 0 spiro atoms. The highest BCUT2D eigenvalue weighted by molar-refractivity contribution is 6.35. The summed E-state index contributed by atoms with van der Waals surface area (Å²) >= 11 is 11.8. The topological polar surface area (TPSA) is 75.6 Å². The third kappa shape index (κ3) is 3.93. The van der Waals surface area contributed by atoms with Gasteiger partial charge in [0, 0.05) is 15.7 Å². The lowest BCUT2D eigenvalue weighted by atomic mass is 9.83. The molecule has 1 amide bonds. The molecule has 0 saturated carbocycles. The van der Waals surface area contributed by atoms with E-state index < -0.39 is 23.4 Å². The van der Waals surface area contributed by atoms with Gasteiger partial charge in [0.15, 0.2) is 5.60 Å². The van der Waals surface area contributed by atoms with Crippen molar-refractivity contribution < 1.29 is 19.4 Å². The number of ether oxygens (including phenoxy) is 1. The van der Waals surface area contributed by atoms with Crippen LogP contribution in [0.15, 0.2) is 42.5 Å². The van der Waals surface area contributed by atoms with Crippen molar-refractivity contribution in [3.63, 3.8) is 0 Å². The second-order valence-electron chi connectivity index (χ2n) is 4.91. The zero-order chi connectivity index (χ0) is 17.0. The standard InChI is InChI=1S/C16H15Cl2NO4/c1-2-23-14(20)13-5-3-4-6-16(13,22)15(21)19-12-8-10(17)7-11(18)9-12/h3-9,13,22H,2H2,1H3,(H,19,21). The number of carbonyl (C=O) groups is 2. The monoisotopic (exact) mass is 355 g/mol. The molecule has 0 heterocycles. The van der Waals surface area contributed by atoms with Crippen LogP contribution in [0.3, 0.4) is 0 Å². The van der Waals surface area contributed by atoms with Crippen LogP contribution >= 0.6 is 23.2 Å². The number of esters is 1. The Bertz CT molecular complexity index is 666. The molecular weight excluding hydrogens is 341 g/mol. The molecule has 2 unspecified atom stereocenters. The average Bonchev–Trinajstić information content (AvgIpc) is 2.46. The Hall–Kier alpha value is -1.82. The van der Waals surface area contributed by atoms with Crippen molar-refractivity contribution in [3.05, 3.63) is 52.5 Å². The molecule has 1 aliphatic carbocycles. The summed E-state index contributed by atoms with van der Waals surface area (Å²) < 4.78 is 4.91. The van der Waals surface area contributed by atoms with Gasteiger partial charge in [-0.25, -0.2) is 0 Å². The fraction of sp³-hybridized carbons (Fsp3) is 0.250. The van der Waals surface area contributed by atoms with Crippen LogP contribution in [0, 0.1) is 5.92 Å². The van der Waals surface area contributed by atoms with Crippen LogP contribution < -0.4 is 5.32 Å². The quantitative estimate of drug-likeness (QED) is 0.814. The zero-order valence-electron chi connectivity index (χ0n) is 12.3. The summed E-state index contributed by atoms with van der Waals surface area (Å²) in [5.41, 5.74) is -1.75. The lowest BCUT2D eigenvalue weighted by Crippen LogP contribution is -2.51. The largest absolute Gasteiger partial charge is 0.465 e. The van der Waals surface area contributed by atoms with Gasteiger partial charge >= 0.3 is 5.97 Å². The Morgan fingerprint density at radius 1 is 1.26 bits per heavy atom. The number of hydrogen-bond donors (Lipinski definition) is 2. The molecule has 2 N–H and O–H groups in total. The van der Waals surface area contributed by atoms with E-state index in [9.17, 15) is 14.7 Å². The van der Waals surface area contributed by atoms with E-state index in [1.807, 2.05) is 0 Å². The maximum atomic E-state index is 12.5. The normalized spacial score (nSPS) is 22.7. The molecule has 2 rings (SSSR count). The SMILES string of the molecule is CCOC(=O)C1C=CC=CC1(O)C(=O)Nc1cc(Cl)cc(Cl)c1. The molecule has 23 heavy (non-hydrogen) atoms. The van der Waals surface area contributed by atoms with Gasteiger partial charge in [0.1, 0.15) is 5.92 Å². The lowest BCUT2D eigenvalue weighted by Gasteiger charge is -2.30. The van der Waals surface area contributed by atoms with E-state index in [0.29, 0.717) is 15.7 Å². The maximum absolute atomic E-state index is 12.5. The minimum Gasteiger partial charge on any atom is -0.465 e. The van der Waals surface area contributed by atoms with E-state index in [0.717, 1.165) is 0 Å². The first-order chi connectivity index (χ1) is 10.9. The van der Waals surface area contributed by atoms with Gasteiger partial charge in [-0.1, -0.05) is 41.4 Å². The summed E-state index contributed by atoms with van der Waals surface area (Å²) in [7, 11) is 0. The molecule has 7 heteroatoms. The third-order valence-corrected chi connectivity index (χ3v) is 3.70. The van der Waals surface area contributed by atoms with Gasteiger partial charge in [0.05, 0.1) is 6.61 Å². The van der Waals surface area contributed by atoms with Gasteiger partial charge < -0.3 is 15.2 Å². The Labute approximate surface area is 143 Å². The molecule has 0 aliphatic heterocycles. The maximum Gasteiger partial charge on any atom is 0.316 e. The predicted molar refractivity (Wildman–Crippen MR) is 88.4 cm³/mol. The van der Waals surface area contributed by atoms with Gasteiger partial charge in [-0.3, -0.25) is 9.59 Å². The minimum atomic E-state index is -2.06. The van der Waals surface area contributed by atoms with Crippen LogP contribution in [-0.2, 0) is 14.3 Å². The highest BCUT2D eigenvalue weighted by Crippen LogP contribution is 2.29. The van der Waals surface area contributed by atoms with Crippen molar-refractivity contribution in [1.82, 2.24) is 0 Å². The fourth-order valence-corrected chi connectivity index (χ4v) is 2.72. The number of carbonyl (C=O) groups excluding carboxylic acids is 2. The van der Waals surface area contributed by atoms with E-state index in [1.165, 1.54) is 36.4 Å². The second-order valence-corrected chi connectivity index (χ2v) is 5.78. The number of aliphatic hydroxyl groups is 1. The van der Waals surface area contributed by atoms with Crippen molar-refractivity contribution in [2.75, 3.05) is 11.9 Å². The summed E-state index contributed by atoms with van der Waals surface area (Å²) in [5, 5.41) is 13.9. The number of allylic oxidation sites excluding steroid dienone is 2. The highest BCUT2D eigenvalue weighted by atomic mass is 35.5. The van der Waals surface area contributed by atoms with Crippen LogP contribution in [0.25, 0.3) is 0 Å². The first-order valence-electron chi connectivity index (χ1n) is 6.89. The summed E-state index contributed by atoms with van der Waals surface area (Å²) in [6.45, 7) is 1.79. The van der Waals surface area contributed by atoms with Crippen molar-refractivity contribution >= 4 is 40.8 Å². The summed E-state index contributed by atoms with van der Waals surface area (Å²) in [5.74, 6) is -2.61. The van der Waals surface area contributed by atoms with E-state index in [1.54, 1.807) is 13.0 Å². The van der Waals surface area contributed by atoms with E-state index >= 15 is 0 Å². The van der Waals surface area contributed by atoms with Crippen LogP contribution in [-0.4, -0.2) is 29.2 Å². The number of amides is 1.